The molecule has 92 valence electrons. The van der Waals surface area contributed by atoms with Gasteiger partial charge in [-0.2, -0.15) is 12.6 Å². The van der Waals surface area contributed by atoms with Crippen LogP contribution in [0.1, 0.15) is 19.3 Å². The third-order valence-corrected chi connectivity index (χ3v) is 3.87. The average molecular weight is 251 g/mol. The monoisotopic (exact) mass is 251 g/mol. The molecular weight excluding hydrogens is 234 g/mol. The number of amides is 1. The zero-order valence-electron chi connectivity index (χ0n) is 9.90. The van der Waals surface area contributed by atoms with E-state index >= 15 is 0 Å². The van der Waals surface area contributed by atoms with Gasteiger partial charge in [-0.1, -0.05) is 0 Å². The lowest BCUT2D eigenvalue weighted by Crippen LogP contribution is -2.18. The summed E-state index contributed by atoms with van der Waals surface area (Å²) in [4.78, 5) is 11.8. The lowest BCUT2D eigenvalue weighted by molar-refractivity contribution is -0.117. The molecule has 2 rings (SSSR count). The van der Waals surface area contributed by atoms with Crippen molar-refractivity contribution in [1.29, 1.82) is 0 Å². The van der Waals surface area contributed by atoms with Gasteiger partial charge < -0.3 is 10.1 Å². The zero-order chi connectivity index (χ0) is 12.3. The van der Waals surface area contributed by atoms with Crippen LogP contribution in [0.15, 0.2) is 24.3 Å². The van der Waals surface area contributed by atoms with E-state index in [4.69, 9.17) is 4.74 Å². The molecule has 1 amide bonds. The second-order valence-electron chi connectivity index (χ2n) is 4.61. The summed E-state index contributed by atoms with van der Waals surface area (Å²) in [5.74, 6) is 1.65. The summed E-state index contributed by atoms with van der Waals surface area (Å²) >= 11 is 4.29. The highest BCUT2D eigenvalue weighted by molar-refractivity contribution is 7.80. The second kappa shape index (κ2) is 5.00. The smallest absolute Gasteiger partial charge is 0.224 e. The van der Waals surface area contributed by atoms with Crippen LogP contribution in [-0.2, 0) is 4.79 Å². The quantitative estimate of drug-likeness (QED) is 0.790. The van der Waals surface area contributed by atoms with Crippen molar-refractivity contribution >= 4 is 24.2 Å². The van der Waals surface area contributed by atoms with Gasteiger partial charge in [0.05, 0.1) is 7.11 Å². The van der Waals surface area contributed by atoms with Gasteiger partial charge in [-0.25, -0.2) is 0 Å². The molecular formula is C13H17NO2S. The Morgan fingerprint density at radius 1 is 1.41 bits per heavy atom. The minimum absolute atomic E-state index is 0.0710. The van der Waals surface area contributed by atoms with Crippen molar-refractivity contribution in [3.05, 3.63) is 24.3 Å². The third kappa shape index (κ3) is 3.16. The molecule has 0 unspecified atom stereocenters. The highest BCUT2D eigenvalue weighted by Gasteiger charge is 2.42. The Morgan fingerprint density at radius 3 is 2.53 bits per heavy atom. The van der Waals surface area contributed by atoms with Crippen LogP contribution in [-0.4, -0.2) is 18.8 Å². The predicted octanol–water partition coefficient (Wildman–Crippen LogP) is 2.73. The van der Waals surface area contributed by atoms with Crippen LogP contribution in [0.4, 0.5) is 5.69 Å². The minimum Gasteiger partial charge on any atom is -0.497 e. The molecule has 0 saturated heterocycles. The van der Waals surface area contributed by atoms with Gasteiger partial charge >= 0.3 is 0 Å². The fourth-order valence-electron chi connectivity index (χ4n) is 1.79. The van der Waals surface area contributed by atoms with Crippen LogP contribution in [0.3, 0.4) is 0 Å². The van der Waals surface area contributed by atoms with Gasteiger partial charge in [0.15, 0.2) is 0 Å². The number of thiol groups is 1. The maximum Gasteiger partial charge on any atom is 0.224 e. The van der Waals surface area contributed by atoms with E-state index in [1.165, 1.54) is 0 Å². The van der Waals surface area contributed by atoms with Crippen molar-refractivity contribution < 1.29 is 9.53 Å². The molecule has 1 saturated carbocycles. The van der Waals surface area contributed by atoms with Crippen molar-refractivity contribution in [3.63, 3.8) is 0 Å². The number of ether oxygens (including phenoxy) is 1. The summed E-state index contributed by atoms with van der Waals surface area (Å²) in [6.45, 7) is 0. The highest BCUT2D eigenvalue weighted by Crippen LogP contribution is 2.49. The Labute approximate surface area is 107 Å². The highest BCUT2D eigenvalue weighted by atomic mass is 32.1. The summed E-state index contributed by atoms with van der Waals surface area (Å²) in [5, 5.41) is 2.90. The van der Waals surface area contributed by atoms with Crippen LogP contribution < -0.4 is 10.1 Å². The normalized spacial score (nSPS) is 16.4. The van der Waals surface area contributed by atoms with Crippen molar-refractivity contribution in [2.75, 3.05) is 18.2 Å². The first-order valence-electron chi connectivity index (χ1n) is 5.72. The fourth-order valence-corrected chi connectivity index (χ4v) is 2.22. The van der Waals surface area contributed by atoms with Crippen LogP contribution >= 0.6 is 12.6 Å². The molecule has 0 atom stereocenters. The van der Waals surface area contributed by atoms with Gasteiger partial charge in [-0.05, 0) is 48.3 Å². The average Bonchev–Trinajstić information content (AvgIpc) is 3.10. The molecule has 1 N–H and O–H groups in total. The van der Waals surface area contributed by atoms with Crippen molar-refractivity contribution in [1.82, 2.24) is 0 Å². The van der Waals surface area contributed by atoms with E-state index in [2.05, 4.69) is 17.9 Å². The molecule has 3 nitrogen and oxygen atoms in total. The van der Waals surface area contributed by atoms with E-state index in [1.54, 1.807) is 7.11 Å². The number of benzene rings is 1. The molecule has 1 aliphatic carbocycles. The van der Waals surface area contributed by atoms with Gasteiger partial charge in [0.25, 0.3) is 0 Å². The van der Waals surface area contributed by atoms with Gasteiger partial charge in [-0.15, -0.1) is 0 Å². The number of methoxy groups -OCH3 is 1. The van der Waals surface area contributed by atoms with E-state index in [-0.39, 0.29) is 11.3 Å². The van der Waals surface area contributed by atoms with Gasteiger partial charge in [0.2, 0.25) is 5.91 Å². The Kier molecular flexibility index (Phi) is 3.62. The SMILES string of the molecule is COc1ccc(NC(=O)CC2(CS)CC2)cc1. The molecule has 0 aliphatic heterocycles. The lowest BCUT2D eigenvalue weighted by atomic mass is 10.1. The Morgan fingerprint density at radius 2 is 2.06 bits per heavy atom. The molecule has 1 aromatic carbocycles. The summed E-state index contributed by atoms with van der Waals surface area (Å²) in [6.07, 6.45) is 2.81. The molecule has 4 heteroatoms. The first kappa shape index (κ1) is 12.3. The first-order valence-corrected chi connectivity index (χ1v) is 6.35. The molecule has 1 aromatic rings. The van der Waals surface area contributed by atoms with Gasteiger partial charge in [0.1, 0.15) is 5.75 Å². The van der Waals surface area contributed by atoms with Crippen molar-refractivity contribution in [3.8, 4) is 5.75 Å². The number of anilines is 1. The topological polar surface area (TPSA) is 38.3 Å². The van der Waals surface area contributed by atoms with Crippen LogP contribution in [0.2, 0.25) is 0 Å². The van der Waals surface area contributed by atoms with E-state index in [0.29, 0.717) is 6.42 Å². The van der Waals surface area contributed by atoms with E-state index < -0.39 is 0 Å². The number of nitrogens with one attached hydrogen (secondary N) is 1. The Hall–Kier alpha value is -1.16. The second-order valence-corrected chi connectivity index (χ2v) is 4.93. The fraction of sp³-hybridized carbons (Fsp3) is 0.462. The predicted molar refractivity (Wildman–Crippen MR) is 71.8 cm³/mol. The number of rotatable bonds is 5. The third-order valence-electron chi connectivity index (χ3n) is 3.20. The Balaban J connectivity index is 1.89. The van der Waals surface area contributed by atoms with Crippen molar-refractivity contribution in [2.24, 2.45) is 5.41 Å². The number of hydrogen-bond acceptors (Lipinski definition) is 3. The summed E-state index contributed by atoms with van der Waals surface area (Å²) in [6, 6.07) is 7.36. The maximum absolute atomic E-state index is 11.8. The lowest BCUT2D eigenvalue weighted by Gasteiger charge is -2.11. The van der Waals surface area contributed by atoms with Crippen molar-refractivity contribution in [2.45, 2.75) is 19.3 Å². The number of carbonyl (C=O) groups is 1. The van der Waals surface area contributed by atoms with E-state index in [1.807, 2.05) is 24.3 Å². The van der Waals surface area contributed by atoms with Gasteiger partial charge in [-0.3, -0.25) is 4.79 Å². The minimum atomic E-state index is 0.0710. The number of hydrogen-bond donors (Lipinski definition) is 2. The Bertz CT molecular complexity index is 398. The maximum atomic E-state index is 11.8. The molecule has 0 bridgehead atoms. The molecule has 0 heterocycles. The summed E-state index contributed by atoms with van der Waals surface area (Å²) < 4.78 is 5.06. The molecule has 1 fully saturated rings. The molecule has 17 heavy (non-hydrogen) atoms. The molecule has 1 aliphatic rings. The van der Waals surface area contributed by atoms with E-state index in [9.17, 15) is 4.79 Å². The first-order chi connectivity index (χ1) is 8.17. The van der Waals surface area contributed by atoms with E-state index in [0.717, 1.165) is 30.0 Å². The van der Waals surface area contributed by atoms with Crippen LogP contribution in [0, 0.1) is 5.41 Å². The van der Waals surface area contributed by atoms with Crippen LogP contribution in [0.25, 0.3) is 0 Å². The molecule has 0 spiro atoms. The standard InChI is InChI=1S/C13H17NO2S/c1-16-11-4-2-10(3-5-11)14-12(15)8-13(9-17)6-7-13/h2-5,17H,6-9H2,1H3,(H,14,15). The summed E-state index contributed by atoms with van der Waals surface area (Å²) in [7, 11) is 1.62. The largest absolute Gasteiger partial charge is 0.497 e. The van der Waals surface area contributed by atoms with Gasteiger partial charge in [0, 0.05) is 12.1 Å². The molecule has 0 aromatic heterocycles. The zero-order valence-corrected chi connectivity index (χ0v) is 10.8. The van der Waals surface area contributed by atoms with Crippen LogP contribution in [0.5, 0.6) is 5.75 Å². The summed E-state index contributed by atoms with van der Waals surface area (Å²) in [5.41, 5.74) is 0.977. The number of carbonyl (C=O) groups excluding carboxylic acids is 1. The molecule has 0 radical (unpaired) electrons.